The topological polar surface area (TPSA) is 45.2 Å². The number of piperidine rings is 1. The minimum Gasteiger partial charge on any atom is -0.326 e. The van der Waals surface area contributed by atoms with E-state index in [1.54, 1.807) is 0 Å². The zero-order valence-electron chi connectivity index (χ0n) is 14.8. The lowest BCUT2D eigenvalue weighted by Gasteiger charge is -2.38. The average molecular weight is 418 g/mol. The molecule has 0 unspecified atom stereocenters. The number of rotatable bonds is 4. The number of halogens is 5. The molecule has 4 nitrogen and oxygen atoms in total. The van der Waals surface area contributed by atoms with E-state index >= 15 is 0 Å². The Labute approximate surface area is 166 Å². The second-order valence-electron chi connectivity index (χ2n) is 6.49. The molecule has 1 amide bonds. The minimum atomic E-state index is -4.98. The van der Waals surface area contributed by atoms with Crippen molar-refractivity contribution in [1.82, 2.24) is 15.2 Å². The Bertz CT molecular complexity index is 771. The van der Waals surface area contributed by atoms with E-state index < -0.39 is 23.9 Å². The summed E-state index contributed by atoms with van der Waals surface area (Å²) in [7, 11) is 0. The van der Waals surface area contributed by atoms with E-state index in [0.717, 1.165) is 22.7 Å². The van der Waals surface area contributed by atoms with Crippen LogP contribution < -0.4 is 5.32 Å². The molecule has 1 fully saturated rings. The Morgan fingerprint density at radius 3 is 2.50 bits per heavy atom. The SMILES string of the molecule is Cl.O=C(N(Cc1ccc(F)cn1)[C@@H]1CCN[C@H](c2ccccc2)C1)C(F)(F)F. The lowest BCUT2D eigenvalue weighted by molar-refractivity contribution is -0.189. The molecule has 1 aromatic carbocycles. The molecule has 2 aromatic rings. The number of alkyl halides is 3. The van der Waals surface area contributed by atoms with Gasteiger partial charge in [0.25, 0.3) is 0 Å². The van der Waals surface area contributed by atoms with Gasteiger partial charge in [-0.2, -0.15) is 13.2 Å². The van der Waals surface area contributed by atoms with E-state index in [1.165, 1.54) is 6.07 Å². The molecule has 152 valence electrons. The average Bonchev–Trinajstić information content (AvgIpc) is 2.67. The third kappa shape index (κ3) is 5.42. The predicted molar refractivity (Wildman–Crippen MR) is 98.3 cm³/mol. The normalized spacial score (nSPS) is 19.6. The van der Waals surface area contributed by atoms with E-state index in [9.17, 15) is 22.4 Å². The molecular formula is C19H20ClF4N3O. The largest absolute Gasteiger partial charge is 0.471 e. The summed E-state index contributed by atoms with van der Waals surface area (Å²) in [5.41, 5.74) is 1.17. The predicted octanol–water partition coefficient (Wildman–Crippen LogP) is 4.03. The van der Waals surface area contributed by atoms with E-state index in [-0.39, 0.29) is 30.7 Å². The zero-order chi connectivity index (χ0) is 19.4. The molecule has 3 rings (SSSR count). The van der Waals surface area contributed by atoms with Crippen LogP contribution in [0.1, 0.15) is 30.1 Å². The Morgan fingerprint density at radius 2 is 1.89 bits per heavy atom. The fourth-order valence-electron chi connectivity index (χ4n) is 3.32. The highest BCUT2D eigenvalue weighted by Gasteiger charge is 2.45. The fourth-order valence-corrected chi connectivity index (χ4v) is 3.32. The number of nitrogens with zero attached hydrogens (tertiary/aromatic N) is 2. The van der Waals surface area contributed by atoms with Crippen molar-refractivity contribution in [1.29, 1.82) is 0 Å². The number of hydrogen-bond acceptors (Lipinski definition) is 3. The molecule has 2 heterocycles. The monoisotopic (exact) mass is 417 g/mol. The number of carbonyl (C=O) groups excluding carboxylic acids is 1. The van der Waals surface area contributed by atoms with Crippen LogP contribution in [0.25, 0.3) is 0 Å². The van der Waals surface area contributed by atoms with Gasteiger partial charge in [-0.1, -0.05) is 30.3 Å². The van der Waals surface area contributed by atoms with Crippen molar-refractivity contribution in [3.8, 4) is 0 Å². The fraction of sp³-hybridized carbons (Fsp3) is 0.368. The van der Waals surface area contributed by atoms with Crippen molar-refractivity contribution >= 4 is 18.3 Å². The molecule has 2 atom stereocenters. The summed E-state index contributed by atoms with van der Waals surface area (Å²) in [5, 5.41) is 3.28. The number of carbonyl (C=O) groups is 1. The molecule has 1 aromatic heterocycles. The van der Waals surface area contributed by atoms with Crippen LogP contribution in [-0.4, -0.2) is 34.6 Å². The second kappa shape index (κ2) is 9.34. The molecule has 1 N–H and O–H groups in total. The lowest BCUT2D eigenvalue weighted by atomic mass is 9.92. The van der Waals surface area contributed by atoms with Crippen LogP contribution in [0.15, 0.2) is 48.7 Å². The molecular weight excluding hydrogens is 398 g/mol. The van der Waals surface area contributed by atoms with Gasteiger partial charge in [-0.25, -0.2) is 4.39 Å². The van der Waals surface area contributed by atoms with E-state index in [1.807, 2.05) is 30.3 Å². The molecule has 1 saturated heterocycles. The Kier molecular flexibility index (Phi) is 7.37. The van der Waals surface area contributed by atoms with Gasteiger partial charge in [0.15, 0.2) is 0 Å². The van der Waals surface area contributed by atoms with Crippen molar-refractivity contribution in [3.05, 3.63) is 65.7 Å². The summed E-state index contributed by atoms with van der Waals surface area (Å²) in [5.74, 6) is -2.48. The summed E-state index contributed by atoms with van der Waals surface area (Å²) in [4.78, 5) is 16.7. The Hall–Kier alpha value is -2.19. The lowest BCUT2D eigenvalue weighted by Crippen LogP contribution is -2.51. The molecule has 0 spiro atoms. The smallest absolute Gasteiger partial charge is 0.326 e. The van der Waals surface area contributed by atoms with Crippen molar-refractivity contribution in [3.63, 3.8) is 0 Å². The number of pyridine rings is 1. The first kappa shape index (κ1) is 22.1. The van der Waals surface area contributed by atoms with Gasteiger partial charge in [-0.05, 0) is 37.1 Å². The molecule has 0 aliphatic carbocycles. The van der Waals surface area contributed by atoms with Crippen LogP contribution in [0.4, 0.5) is 17.6 Å². The van der Waals surface area contributed by atoms with Crippen LogP contribution in [-0.2, 0) is 11.3 Å². The highest BCUT2D eigenvalue weighted by atomic mass is 35.5. The third-order valence-electron chi connectivity index (χ3n) is 4.64. The van der Waals surface area contributed by atoms with Crippen molar-refractivity contribution < 1.29 is 22.4 Å². The number of nitrogens with one attached hydrogen (secondary N) is 1. The molecule has 28 heavy (non-hydrogen) atoms. The Morgan fingerprint density at radius 1 is 1.18 bits per heavy atom. The highest BCUT2D eigenvalue weighted by Crippen LogP contribution is 2.30. The number of hydrogen-bond donors (Lipinski definition) is 1. The first-order valence-corrected chi connectivity index (χ1v) is 8.61. The first-order chi connectivity index (χ1) is 12.8. The van der Waals surface area contributed by atoms with Crippen LogP contribution in [0.3, 0.4) is 0 Å². The summed E-state index contributed by atoms with van der Waals surface area (Å²) >= 11 is 0. The number of aromatic nitrogens is 1. The van der Waals surface area contributed by atoms with Gasteiger partial charge in [0, 0.05) is 12.1 Å². The van der Waals surface area contributed by atoms with Crippen molar-refractivity contribution in [2.45, 2.75) is 37.6 Å². The zero-order valence-corrected chi connectivity index (χ0v) is 15.6. The van der Waals surface area contributed by atoms with E-state index in [2.05, 4.69) is 10.3 Å². The quantitative estimate of drug-likeness (QED) is 0.764. The highest BCUT2D eigenvalue weighted by molar-refractivity contribution is 5.85. The maximum Gasteiger partial charge on any atom is 0.471 e. The number of benzene rings is 1. The summed E-state index contributed by atoms with van der Waals surface area (Å²) in [6.45, 7) is 0.174. The molecule has 0 saturated carbocycles. The first-order valence-electron chi connectivity index (χ1n) is 8.61. The Balaban J connectivity index is 0.00000280. The standard InChI is InChI=1S/C19H19F4N3O.ClH/c20-14-6-7-15(25-11-14)12-26(18(27)19(21,22)23)16-8-9-24-17(10-16)13-4-2-1-3-5-13;/h1-7,11,16-17,24H,8-10,12H2;1H/t16-,17+;/m1./s1. The van der Waals surface area contributed by atoms with Gasteiger partial charge in [0.05, 0.1) is 18.4 Å². The van der Waals surface area contributed by atoms with E-state index in [0.29, 0.717) is 19.4 Å². The molecule has 9 heteroatoms. The van der Waals surface area contributed by atoms with Gasteiger partial charge >= 0.3 is 12.1 Å². The maximum absolute atomic E-state index is 13.2. The van der Waals surface area contributed by atoms with Crippen LogP contribution in [0.5, 0.6) is 0 Å². The van der Waals surface area contributed by atoms with Crippen LogP contribution >= 0.6 is 12.4 Å². The molecule has 1 aliphatic rings. The maximum atomic E-state index is 13.2. The minimum absolute atomic E-state index is 0. The summed E-state index contributed by atoms with van der Waals surface area (Å²) in [6, 6.07) is 11.1. The van der Waals surface area contributed by atoms with Gasteiger partial charge in [-0.15, -0.1) is 12.4 Å². The van der Waals surface area contributed by atoms with Crippen LogP contribution in [0.2, 0.25) is 0 Å². The molecule has 1 aliphatic heterocycles. The molecule has 0 radical (unpaired) electrons. The van der Waals surface area contributed by atoms with Gasteiger partial charge in [-0.3, -0.25) is 9.78 Å². The number of amides is 1. The van der Waals surface area contributed by atoms with Crippen molar-refractivity contribution in [2.24, 2.45) is 0 Å². The van der Waals surface area contributed by atoms with Crippen LogP contribution in [0, 0.1) is 5.82 Å². The van der Waals surface area contributed by atoms with Gasteiger partial charge < -0.3 is 10.2 Å². The summed E-state index contributed by atoms with van der Waals surface area (Å²) in [6.07, 6.45) is -3.30. The van der Waals surface area contributed by atoms with Gasteiger partial charge in [0.1, 0.15) is 5.82 Å². The second-order valence-corrected chi connectivity index (χ2v) is 6.49. The van der Waals surface area contributed by atoms with E-state index in [4.69, 9.17) is 0 Å². The molecule has 0 bridgehead atoms. The summed E-state index contributed by atoms with van der Waals surface area (Å²) < 4.78 is 52.5. The van der Waals surface area contributed by atoms with Crippen molar-refractivity contribution in [2.75, 3.05) is 6.54 Å². The third-order valence-corrected chi connectivity index (χ3v) is 4.64. The van der Waals surface area contributed by atoms with Gasteiger partial charge in [0.2, 0.25) is 0 Å².